The van der Waals surface area contributed by atoms with E-state index < -0.39 is 12.1 Å². The Labute approximate surface area is 117 Å². The summed E-state index contributed by atoms with van der Waals surface area (Å²) < 4.78 is 4.44. The normalized spacial score (nSPS) is 12.1. The number of ether oxygens (including phenoxy) is 1. The van der Waals surface area contributed by atoms with E-state index in [9.17, 15) is 14.7 Å². The topological polar surface area (TPSA) is 63.6 Å². The maximum Gasteiger partial charge on any atom is 0.313 e. The molecule has 1 N–H and O–H groups in total. The van der Waals surface area contributed by atoms with Gasteiger partial charge in [0.15, 0.2) is 0 Å². The molecule has 0 spiro atoms. The van der Waals surface area contributed by atoms with Gasteiger partial charge in [0.05, 0.1) is 13.2 Å². The summed E-state index contributed by atoms with van der Waals surface area (Å²) in [6, 6.07) is 13.2. The number of fused-ring (bicyclic) bond motifs is 1. The molecule has 0 saturated carbocycles. The number of carbonyl (C=O) groups is 2. The number of hydrogen-bond donors (Lipinski definition) is 1. The number of rotatable bonds is 5. The SMILES string of the molecule is COC(=O)CC(=O)CC(O)c1cccc2ccccc12. The number of carbonyl (C=O) groups excluding carboxylic acids is 2. The molecular weight excluding hydrogens is 256 g/mol. The molecule has 0 aliphatic carbocycles. The number of esters is 1. The van der Waals surface area contributed by atoms with E-state index in [0.717, 1.165) is 10.8 Å². The first-order valence-electron chi connectivity index (χ1n) is 6.36. The molecule has 2 aromatic carbocycles. The fraction of sp³-hybridized carbons (Fsp3) is 0.250. The number of benzene rings is 2. The molecule has 20 heavy (non-hydrogen) atoms. The summed E-state index contributed by atoms with van der Waals surface area (Å²) in [7, 11) is 1.23. The van der Waals surface area contributed by atoms with E-state index in [4.69, 9.17) is 0 Å². The van der Waals surface area contributed by atoms with E-state index in [2.05, 4.69) is 4.74 Å². The first kappa shape index (κ1) is 14.2. The second-order valence-corrected chi connectivity index (χ2v) is 4.58. The summed E-state index contributed by atoms with van der Waals surface area (Å²) >= 11 is 0. The van der Waals surface area contributed by atoms with Crippen LogP contribution in [0.15, 0.2) is 42.5 Å². The van der Waals surface area contributed by atoms with Crippen LogP contribution in [0.2, 0.25) is 0 Å². The molecule has 0 aliphatic heterocycles. The van der Waals surface area contributed by atoms with Crippen molar-refractivity contribution in [3.05, 3.63) is 48.0 Å². The van der Waals surface area contributed by atoms with Crippen molar-refractivity contribution in [3.8, 4) is 0 Å². The molecule has 0 aromatic heterocycles. The van der Waals surface area contributed by atoms with Crippen LogP contribution in [0.1, 0.15) is 24.5 Å². The van der Waals surface area contributed by atoms with Crippen molar-refractivity contribution in [2.45, 2.75) is 18.9 Å². The molecule has 4 nitrogen and oxygen atoms in total. The minimum Gasteiger partial charge on any atom is -0.469 e. The van der Waals surface area contributed by atoms with E-state index in [1.807, 2.05) is 36.4 Å². The summed E-state index contributed by atoms with van der Waals surface area (Å²) in [4.78, 5) is 22.7. The van der Waals surface area contributed by atoms with Crippen molar-refractivity contribution in [3.63, 3.8) is 0 Å². The monoisotopic (exact) mass is 272 g/mol. The molecule has 0 radical (unpaired) electrons. The molecule has 1 atom stereocenters. The lowest BCUT2D eigenvalue weighted by Gasteiger charge is -2.13. The smallest absolute Gasteiger partial charge is 0.313 e. The van der Waals surface area contributed by atoms with Crippen LogP contribution < -0.4 is 0 Å². The third kappa shape index (κ3) is 3.22. The second-order valence-electron chi connectivity index (χ2n) is 4.58. The van der Waals surface area contributed by atoms with Gasteiger partial charge in [-0.2, -0.15) is 0 Å². The first-order valence-corrected chi connectivity index (χ1v) is 6.36. The van der Waals surface area contributed by atoms with E-state index in [1.54, 1.807) is 6.07 Å². The fourth-order valence-corrected chi connectivity index (χ4v) is 2.17. The quantitative estimate of drug-likeness (QED) is 0.670. The van der Waals surface area contributed by atoms with Crippen LogP contribution in [-0.2, 0) is 14.3 Å². The molecule has 104 valence electrons. The Balaban J connectivity index is 2.17. The van der Waals surface area contributed by atoms with Gasteiger partial charge in [-0.15, -0.1) is 0 Å². The molecule has 0 fully saturated rings. The van der Waals surface area contributed by atoms with Gasteiger partial charge in [-0.1, -0.05) is 42.5 Å². The number of Topliss-reactive ketones (excluding diaryl/α,β-unsaturated/α-hetero) is 1. The summed E-state index contributed by atoms with van der Waals surface area (Å²) in [6.45, 7) is 0. The Kier molecular flexibility index (Phi) is 4.48. The molecule has 0 saturated heterocycles. The minimum absolute atomic E-state index is 0.0941. The van der Waals surface area contributed by atoms with Crippen LogP contribution in [0.3, 0.4) is 0 Å². The highest BCUT2D eigenvalue weighted by Crippen LogP contribution is 2.26. The maximum atomic E-state index is 11.7. The number of ketones is 1. The average molecular weight is 272 g/mol. The summed E-state index contributed by atoms with van der Waals surface area (Å²) in [5, 5.41) is 12.1. The van der Waals surface area contributed by atoms with Crippen LogP contribution in [0.5, 0.6) is 0 Å². The van der Waals surface area contributed by atoms with Gasteiger partial charge in [0.1, 0.15) is 12.2 Å². The van der Waals surface area contributed by atoms with Gasteiger partial charge in [0, 0.05) is 6.42 Å². The fourth-order valence-electron chi connectivity index (χ4n) is 2.17. The van der Waals surface area contributed by atoms with Crippen LogP contribution >= 0.6 is 0 Å². The molecule has 2 aromatic rings. The molecule has 1 unspecified atom stereocenters. The van der Waals surface area contributed by atoms with Crippen molar-refractivity contribution < 1.29 is 19.4 Å². The van der Waals surface area contributed by atoms with Crippen molar-refractivity contribution in [1.29, 1.82) is 0 Å². The van der Waals surface area contributed by atoms with Crippen LogP contribution in [-0.4, -0.2) is 24.0 Å². The predicted octanol–water partition coefficient (Wildman–Crippen LogP) is 2.40. The van der Waals surface area contributed by atoms with Gasteiger partial charge in [0.25, 0.3) is 0 Å². The highest BCUT2D eigenvalue weighted by molar-refractivity contribution is 5.96. The Bertz CT molecular complexity index is 628. The van der Waals surface area contributed by atoms with Gasteiger partial charge in [-0.3, -0.25) is 9.59 Å². The van der Waals surface area contributed by atoms with Crippen LogP contribution in [0, 0.1) is 0 Å². The third-order valence-electron chi connectivity index (χ3n) is 3.17. The van der Waals surface area contributed by atoms with Gasteiger partial charge in [0.2, 0.25) is 0 Å². The lowest BCUT2D eigenvalue weighted by Crippen LogP contribution is -2.12. The number of aliphatic hydroxyl groups is 1. The molecule has 4 heteroatoms. The van der Waals surface area contributed by atoms with E-state index in [-0.39, 0.29) is 18.6 Å². The predicted molar refractivity (Wildman–Crippen MR) is 75.2 cm³/mol. The van der Waals surface area contributed by atoms with Crippen LogP contribution in [0.4, 0.5) is 0 Å². The zero-order valence-electron chi connectivity index (χ0n) is 11.2. The number of aliphatic hydroxyl groups excluding tert-OH is 1. The Morgan fingerprint density at radius 1 is 1.15 bits per heavy atom. The molecule has 0 aliphatic rings. The average Bonchev–Trinajstić information content (AvgIpc) is 2.46. The van der Waals surface area contributed by atoms with E-state index >= 15 is 0 Å². The van der Waals surface area contributed by atoms with Gasteiger partial charge in [-0.05, 0) is 16.3 Å². The summed E-state index contributed by atoms with van der Waals surface area (Å²) in [5.74, 6) is -0.919. The van der Waals surface area contributed by atoms with Crippen molar-refractivity contribution >= 4 is 22.5 Å². The zero-order chi connectivity index (χ0) is 14.5. The van der Waals surface area contributed by atoms with Gasteiger partial charge < -0.3 is 9.84 Å². The third-order valence-corrected chi connectivity index (χ3v) is 3.17. The zero-order valence-corrected chi connectivity index (χ0v) is 11.2. The summed E-state index contributed by atoms with van der Waals surface area (Å²) in [5.41, 5.74) is 0.696. The molecular formula is C16H16O4. The molecule has 0 heterocycles. The first-order chi connectivity index (χ1) is 9.61. The van der Waals surface area contributed by atoms with Crippen LogP contribution in [0.25, 0.3) is 10.8 Å². The molecule has 0 bridgehead atoms. The van der Waals surface area contributed by atoms with Gasteiger partial charge >= 0.3 is 5.97 Å². The second kappa shape index (κ2) is 6.30. The Hall–Kier alpha value is -2.20. The Morgan fingerprint density at radius 2 is 1.85 bits per heavy atom. The van der Waals surface area contributed by atoms with Gasteiger partial charge in [-0.25, -0.2) is 0 Å². The summed E-state index contributed by atoms with van der Waals surface area (Å²) in [6.07, 6.45) is -1.32. The molecule has 0 amide bonds. The molecule has 2 rings (SSSR count). The van der Waals surface area contributed by atoms with E-state index in [0.29, 0.717) is 5.56 Å². The van der Waals surface area contributed by atoms with Crippen molar-refractivity contribution in [2.24, 2.45) is 0 Å². The van der Waals surface area contributed by atoms with E-state index in [1.165, 1.54) is 7.11 Å². The maximum absolute atomic E-state index is 11.7. The lowest BCUT2D eigenvalue weighted by molar-refractivity contribution is -0.143. The highest BCUT2D eigenvalue weighted by atomic mass is 16.5. The number of hydrogen-bond acceptors (Lipinski definition) is 4. The lowest BCUT2D eigenvalue weighted by atomic mass is 9.97. The standard InChI is InChI=1S/C16H16O4/c1-20-16(19)10-12(17)9-15(18)14-8-4-6-11-5-2-3-7-13(11)14/h2-8,15,18H,9-10H2,1H3. The van der Waals surface area contributed by atoms with Crippen molar-refractivity contribution in [2.75, 3.05) is 7.11 Å². The largest absolute Gasteiger partial charge is 0.469 e. The van der Waals surface area contributed by atoms with Crippen molar-refractivity contribution in [1.82, 2.24) is 0 Å². The highest BCUT2D eigenvalue weighted by Gasteiger charge is 2.17. The Morgan fingerprint density at radius 3 is 2.60 bits per heavy atom. The number of methoxy groups -OCH3 is 1. The minimum atomic E-state index is -0.918.